The number of urea groups is 1. The fourth-order valence-corrected chi connectivity index (χ4v) is 2.47. The van der Waals surface area contributed by atoms with Crippen LogP contribution in [-0.2, 0) is 0 Å². The summed E-state index contributed by atoms with van der Waals surface area (Å²) >= 11 is 0. The fourth-order valence-electron chi connectivity index (χ4n) is 2.47. The maximum absolute atomic E-state index is 12.1. The zero-order valence-corrected chi connectivity index (χ0v) is 13.1. The number of carbonyl (C=O) groups is 1. The Kier molecular flexibility index (Phi) is 6.41. The van der Waals surface area contributed by atoms with Crippen molar-refractivity contribution in [3.05, 3.63) is 65.7 Å². The van der Waals surface area contributed by atoms with Gasteiger partial charge in [0.1, 0.15) is 12.4 Å². The van der Waals surface area contributed by atoms with E-state index in [1.54, 1.807) is 7.11 Å². The first-order chi connectivity index (χ1) is 11.3. The van der Waals surface area contributed by atoms with Gasteiger partial charge in [-0.05, 0) is 11.6 Å². The van der Waals surface area contributed by atoms with Crippen LogP contribution in [0.2, 0.25) is 0 Å². The van der Waals surface area contributed by atoms with Crippen molar-refractivity contribution in [3.8, 4) is 5.75 Å². The minimum Gasteiger partial charge on any atom is -0.496 e. The van der Waals surface area contributed by atoms with Crippen LogP contribution in [0.1, 0.15) is 17.0 Å². The Labute approximate surface area is 135 Å². The quantitative estimate of drug-likeness (QED) is 0.825. The number of hydrogen-bond donors (Lipinski definition) is 2. The van der Waals surface area contributed by atoms with Gasteiger partial charge in [-0.2, -0.15) is 0 Å². The lowest BCUT2D eigenvalue weighted by molar-refractivity contribution is 0.239. The lowest BCUT2D eigenvalue weighted by atomic mass is 9.90. The largest absolute Gasteiger partial charge is 0.496 e. The number of halogens is 1. The predicted molar refractivity (Wildman–Crippen MR) is 88.7 cm³/mol. The van der Waals surface area contributed by atoms with Gasteiger partial charge in [0.05, 0.1) is 7.11 Å². The molecular weight excluding hydrogens is 295 g/mol. The molecule has 0 aliphatic carbocycles. The van der Waals surface area contributed by atoms with Crippen LogP contribution < -0.4 is 15.4 Å². The Bertz CT molecular complexity index is 619. The molecule has 2 N–H and O–H groups in total. The molecule has 5 heteroatoms. The highest BCUT2D eigenvalue weighted by Gasteiger charge is 2.18. The van der Waals surface area contributed by atoms with Crippen LogP contribution in [0.25, 0.3) is 0 Å². The number of amides is 2. The molecule has 0 fully saturated rings. The second-order valence-corrected chi connectivity index (χ2v) is 5.03. The van der Waals surface area contributed by atoms with Gasteiger partial charge < -0.3 is 15.4 Å². The molecule has 0 aromatic heterocycles. The van der Waals surface area contributed by atoms with Gasteiger partial charge in [-0.15, -0.1) is 0 Å². The van der Waals surface area contributed by atoms with Crippen LogP contribution >= 0.6 is 0 Å². The molecule has 1 unspecified atom stereocenters. The predicted octanol–water partition coefficient (Wildman–Crippen LogP) is 3.10. The third-order valence-electron chi connectivity index (χ3n) is 3.56. The van der Waals surface area contributed by atoms with E-state index >= 15 is 0 Å². The van der Waals surface area contributed by atoms with E-state index in [0.717, 1.165) is 16.9 Å². The van der Waals surface area contributed by atoms with Gasteiger partial charge in [0, 0.05) is 24.6 Å². The second-order valence-electron chi connectivity index (χ2n) is 5.03. The molecule has 2 rings (SSSR count). The standard InChI is InChI=1S/C18H21FN2O2/c1-23-17-10-6-5-9-15(17)16(14-7-3-2-4-8-14)13-21-18(22)20-12-11-19/h2-10,16H,11-13H2,1H3,(H2,20,21,22). The first-order valence-corrected chi connectivity index (χ1v) is 7.51. The highest BCUT2D eigenvalue weighted by molar-refractivity contribution is 5.74. The average Bonchev–Trinajstić information content (AvgIpc) is 2.61. The van der Waals surface area contributed by atoms with E-state index in [-0.39, 0.29) is 18.5 Å². The highest BCUT2D eigenvalue weighted by Crippen LogP contribution is 2.31. The Morgan fingerprint density at radius 2 is 1.78 bits per heavy atom. The molecule has 0 radical (unpaired) electrons. The Morgan fingerprint density at radius 3 is 2.48 bits per heavy atom. The third-order valence-corrected chi connectivity index (χ3v) is 3.56. The number of benzene rings is 2. The molecule has 2 aromatic carbocycles. The molecule has 2 aromatic rings. The molecule has 0 heterocycles. The third kappa shape index (κ3) is 4.71. The highest BCUT2D eigenvalue weighted by atomic mass is 19.1. The first kappa shape index (κ1) is 16.8. The molecule has 0 bridgehead atoms. The van der Waals surface area contributed by atoms with Crippen molar-refractivity contribution in [1.29, 1.82) is 0 Å². The number of hydrogen-bond acceptors (Lipinski definition) is 2. The Morgan fingerprint density at radius 1 is 1.09 bits per heavy atom. The van der Waals surface area contributed by atoms with Crippen molar-refractivity contribution in [3.63, 3.8) is 0 Å². The molecule has 23 heavy (non-hydrogen) atoms. The molecular formula is C18H21FN2O2. The van der Waals surface area contributed by atoms with Crippen LogP contribution in [-0.4, -0.2) is 32.9 Å². The van der Waals surface area contributed by atoms with Gasteiger partial charge in [-0.3, -0.25) is 0 Å². The molecule has 4 nitrogen and oxygen atoms in total. The molecule has 2 amide bonds. The van der Waals surface area contributed by atoms with Gasteiger partial charge >= 0.3 is 6.03 Å². The van der Waals surface area contributed by atoms with Crippen LogP contribution in [0.15, 0.2) is 54.6 Å². The lowest BCUT2D eigenvalue weighted by Crippen LogP contribution is -2.38. The number of ether oxygens (including phenoxy) is 1. The van der Waals surface area contributed by atoms with Gasteiger partial charge in [0.25, 0.3) is 0 Å². The molecule has 0 aliphatic rings. The molecule has 122 valence electrons. The van der Waals surface area contributed by atoms with Crippen molar-refractivity contribution in [2.24, 2.45) is 0 Å². The number of alkyl halides is 1. The minimum absolute atomic E-state index is 0.0104. The van der Waals surface area contributed by atoms with E-state index in [1.165, 1.54) is 0 Å². The van der Waals surface area contributed by atoms with Crippen LogP contribution in [0.4, 0.5) is 9.18 Å². The van der Waals surface area contributed by atoms with E-state index in [9.17, 15) is 9.18 Å². The summed E-state index contributed by atoms with van der Waals surface area (Å²) in [5, 5.41) is 5.26. The Balaban J connectivity index is 2.21. The molecule has 0 saturated heterocycles. The van der Waals surface area contributed by atoms with Gasteiger partial charge in [-0.25, -0.2) is 9.18 Å². The number of methoxy groups -OCH3 is 1. The van der Waals surface area contributed by atoms with Crippen molar-refractivity contribution in [2.75, 3.05) is 26.9 Å². The van der Waals surface area contributed by atoms with Crippen LogP contribution in [0.3, 0.4) is 0 Å². The average molecular weight is 316 g/mol. The summed E-state index contributed by atoms with van der Waals surface area (Å²) in [4.78, 5) is 11.7. The normalized spacial score (nSPS) is 11.6. The van der Waals surface area contributed by atoms with Gasteiger partial charge in [-0.1, -0.05) is 48.5 Å². The first-order valence-electron chi connectivity index (χ1n) is 7.51. The summed E-state index contributed by atoms with van der Waals surface area (Å²) in [6.45, 7) is -0.180. The summed E-state index contributed by atoms with van der Waals surface area (Å²) in [5.41, 5.74) is 2.06. The summed E-state index contributed by atoms with van der Waals surface area (Å²) in [6.07, 6.45) is 0. The summed E-state index contributed by atoms with van der Waals surface area (Å²) in [6, 6.07) is 17.2. The fraction of sp³-hybridized carbons (Fsp3) is 0.278. The number of carbonyl (C=O) groups excluding carboxylic acids is 1. The maximum Gasteiger partial charge on any atom is 0.314 e. The zero-order valence-electron chi connectivity index (χ0n) is 13.1. The van der Waals surface area contributed by atoms with E-state index in [1.807, 2.05) is 54.6 Å². The molecule has 0 spiro atoms. The number of nitrogens with one attached hydrogen (secondary N) is 2. The minimum atomic E-state index is -0.581. The second kappa shape index (κ2) is 8.78. The number of rotatable bonds is 7. The summed E-state index contributed by atoms with van der Waals surface area (Å²) in [5.74, 6) is 0.718. The topological polar surface area (TPSA) is 50.4 Å². The Hall–Kier alpha value is -2.56. The van der Waals surface area contributed by atoms with Gasteiger partial charge in [0.15, 0.2) is 0 Å². The molecule has 0 aliphatic heterocycles. The van der Waals surface area contributed by atoms with Crippen molar-refractivity contribution < 1.29 is 13.9 Å². The maximum atomic E-state index is 12.1. The summed E-state index contributed by atoms with van der Waals surface area (Å²) in [7, 11) is 1.63. The molecule has 1 atom stereocenters. The SMILES string of the molecule is COc1ccccc1C(CNC(=O)NCCF)c1ccccc1. The lowest BCUT2D eigenvalue weighted by Gasteiger charge is -2.21. The van der Waals surface area contributed by atoms with E-state index in [2.05, 4.69) is 10.6 Å². The van der Waals surface area contributed by atoms with E-state index < -0.39 is 6.67 Å². The zero-order chi connectivity index (χ0) is 16.5. The van der Waals surface area contributed by atoms with Crippen LogP contribution in [0, 0.1) is 0 Å². The van der Waals surface area contributed by atoms with Crippen molar-refractivity contribution in [2.45, 2.75) is 5.92 Å². The van der Waals surface area contributed by atoms with E-state index in [4.69, 9.17) is 4.74 Å². The van der Waals surface area contributed by atoms with Crippen molar-refractivity contribution >= 4 is 6.03 Å². The van der Waals surface area contributed by atoms with Crippen molar-refractivity contribution in [1.82, 2.24) is 10.6 Å². The number of para-hydroxylation sites is 1. The summed E-state index contributed by atoms with van der Waals surface area (Å²) < 4.78 is 17.6. The smallest absolute Gasteiger partial charge is 0.314 e. The monoisotopic (exact) mass is 316 g/mol. The van der Waals surface area contributed by atoms with Crippen LogP contribution in [0.5, 0.6) is 5.75 Å². The molecule has 0 saturated carbocycles. The van der Waals surface area contributed by atoms with E-state index in [0.29, 0.717) is 6.54 Å². The van der Waals surface area contributed by atoms with Gasteiger partial charge in [0.2, 0.25) is 0 Å².